The Bertz CT molecular complexity index is 622. The van der Waals surface area contributed by atoms with Crippen molar-refractivity contribution in [3.8, 4) is 5.75 Å². The van der Waals surface area contributed by atoms with E-state index in [-0.39, 0.29) is 0 Å². The van der Waals surface area contributed by atoms with Crippen molar-refractivity contribution in [3.63, 3.8) is 0 Å². The van der Waals surface area contributed by atoms with Crippen LogP contribution in [0.15, 0.2) is 61.0 Å². The number of fused-ring (bicyclic) bond motifs is 1. The predicted octanol–water partition coefficient (Wildman–Crippen LogP) is 3.78. The fourth-order valence-corrected chi connectivity index (χ4v) is 2.33. The number of para-hydroxylation sites is 3. The van der Waals surface area contributed by atoms with Crippen LogP contribution in [0.3, 0.4) is 0 Å². The summed E-state index contributed by atoms with van der Waals surface area (Å²) in [6.45, 7) is 3.89. The highest BCUT2D eigenvalue weighted by Crippen LogP contribution is 2.31. The van der Waals surface area contributed by atoms with Crippen LogP contribution < -0.4 is 15.0 Å². The van der Waals surface area contributed by atoms with Crippen molar-refractivity contribution in [2.45, 2.75) is 6.92 Å². The molecule has 0 bridgehead atoms. The first-order valence-corrected chi connectivity index (χ1v) is 6.83. The third-order valence-electron chi connectivity index (χ3n) is 3.42. The molecule has 20 heavy (non-hydrogen) atoms. The van der Waals surface area contributed by atoms with Crippen molar-refractivity contribution >= 4 is 11.4 Å². The van der Waals surface area contributed by atoms with Crippen molar-refractivity contribution in [2.24, 2.45) is 0 Å². The Morgan fingerprint density at radius 1 is 1.05 bits per heavy atom. The minimum Gasteiger partial charge on any atom is -0.461 e. The minimum atomic E-state index is 0.878. The van der Waals surface area contributed by atoms with Gasteiger partial charge in [0.25, 0.3) is 0 Å². The molecule has 0 unspecified atom stereocenters. The molecule has 102 valence electrons. The summed E-state index contributed by atoms with van der Waals surface area (Å²) < 4.78 is 5.49. The van der Waals surface area contributed by atoms with Crippen molar-refractivity contribution in [1.29, 1.82) is 0 Å². The van der Waals surface area contributed by atoms with Crippen LogP contribution in [0.5, 0.6) is 5.75 Å². The van der Waals surface area contributed by atoms with Gasteiger partial charge >= 0.3 is 0 Å². The van der Waals surface area contributed by atoms with Crippen LogP contribution in [-0.2, 0) is 0 Å². The molecule has 0 radical (unpaired) electrons. The van der Waals surface area contributed by atoms with Gasteiger partial charge in [-0.25, -0.2) is 0 Å². The molecular formula is C17H18N2O. The van der Waals surface area contributed by atoms with Crippen molar-refractivity contribution in [1.82, 2.24) is 0 Å². The Kier molecular flexibility index (Phi) is 3.59. The second-order valence-corrected chi connectivity index (χ2v) is 4.81. The zero-order valence-corrected chi connectivity index (χ0v) is 11.5. The fourth-order valence-electron chi connectivity index (χ4n) is 2.33. The lowest BCUT2D eigenvalue weighted by atomic mass is 10.2. The van der Waals surface area contributed by atoms with Gasteiger partial charge in [-0.2, -0.15) is 0 Å². The summed E-state index contributed by atoms with van der Waals surface area (Å²) in [5.41, 5.74) is 3.57. The van der Waals surface area contributed by atoms with Gasteiger partial charge in [0.15, 0.2) is 0 Å². The molecule has 0 aliphatic carbocycles. The highest BCUT2D eigenvalue weighted by molar-refractivity contribution is 5.62. The van der Waals surface area contributed by atoms with Gasteiger partial charge in [-0.05, 0) is 30.7 Å². The molecule has 0 amide bonds. The second kappa shape index (κ2) is 5.70. The Labute approximate surface area is 119 Å². The molecule has 3 nitrogen and oxygen atoms in total. The highest BCUT2D eigenvalue weighted by atomic mass is 16.5. The third-order valence-corrected chi connectivity index (χ3v) is 3.42. The molecule has 1 heterocycles. The summed E-state index contributed by atoms with van der Waals surface area (Å²) in [6, 6.07) is 16.4. The molecule has 0 atom stereocenters. The molecule has 3 rings (SSSR count). The number of anilines is 2. The van der Waals surface area contributed by atoms with Crippen LogP contribution in [-0.4, -0.2) is 13.1 Å². The molecule has 1 N–H and O–H groups in total. The van der Waals surface area contributed by atoms with E-state index in [4.69, 9.17) is 4.74 Å². The quantitative estimate of drug-likeness (QED) is 0.911. The monoisotopic (exact) mass is 266 g/mol. The zero-order valence-electron chi connectivity index (χ0n) is 11.5. The van der Waals surface area contributed by atoms with E-state index in [9.17, 15) is 0 Å². The van der Waals surface area contributed by atoms with Crippen LogP contribution in [0.2, 0.25) is 0 Å². The first-order chi connectivity index (χ1) is 9.84. The van der Waals surface area contributed by atoms with E-state index in [0.29, 0.717) is 0 Å². The molecule has 1 aliphatic heterocycles. The highest BCUT2D eigenvalue weighted by Gasteiger charge is 2.12. The number of ether oxygens (including phenoxy) is 1. The number of nitrogens with zero attached hydrogens (tertiary/aromatic N) is 1. The molecule has 0 aromatic heterocycles. The van der Waals surface area contributed by atoms with Crippen LogP contribution in [0.4, 0.5) is 11.4 Å². The number of hydrogen-bond acceptors (Lipinski definition) is 3. The van der Waals surface area contributed by atoms with E-state index >= 15 is 0 Å². The summed E-state index contributed by atoms with van der Waals surface area (Å²) >= 11 is 0. The van der Waals surface area contributed by atoms with Crippen LogP contribution in [0, 0.1) is 6.92 Å². The fraction of sp³-hybridized carbons (Fsp3) is 0.176. The van der Waals surface area contributed by atoms with Gasteiger partial charge in [0.05, 0.1) is 5.69 Å². The zero-order chi connectivity index (χ0) is 13.8. The lowest BCUT2D eigenvalue weighted by Crippen LogP contribution is -2.26. The molecule has 2 aromatic carbocycles. The van der Waals surface area contributed by atoms with Gasteiger partial charge in [0.1, 0.15) is 12.0 Å². The second-order valence-electron chi connectivity index (χ2n) is 4.81. The average Bonchev–Trinajstić information content (AvgIpc) is 2.49. The lowest BCUT2D eigenvalue weighted by Gasteiger charge is -2.26. The molecule has 0 fully saturated rings. The van der Waals surface area contributed by atoms with Crippen LogP contribution in [0.25, 0.3) is 0 Å². The van der Waals surface area contributed by atoms with Crippen molar-refractivity contribution < 1.29 is 4.74 Å². The summed E-state index contributed by atoms with van der Waals surface area (Å²) in [4.78, 5) is 2.20. The van der Waals surface area contributed by atoms with E-state index in [1.54, 1.807) is 6.26 Å². The molecule has 2 aromatic rings. The Hall–Kier alpha value is -2.42. The van der Waals surface area contributed by atoms with Gasteiger partial charge in [0, 0.05) is 25.0 Å². The first kappa shape index (κ1) is 12.6. The Morgan fingerprint density at radius 2 is 1.85 bits per heavy atom. The van der Waals surface area contributed by atoms with Gasteiger partial charge in [-0.1, -0.05) is 30.3 Å². The van der Waals surface area contributed by atoms with E-state index in [2.05, 4.69) is 47.5 Å². The Morgan fingerprint density at radius 3 is 2.75 bits per heavy atom. The molecule has 0 spiro atoms. The SMILES string of the molecule is Cc1ccccc1NCCN1C=COc2ccccc21. The van der Waals surface area contributed by atoms with Gasteiger partial charge in [-0.3, -0.25) is 0 Å². The number of rotatable bonds is 4. The van der Waals surface area contributed by atoms with E-state index in [1.165, 1.54) is 11.3 Å². The van der Waals surface area contributed by atoms with Gasteiger partial charge in [0.2, 0.25) is 0 Å². The summed E-state index contributed by atoms with van der Waals surface area (Å²) in [5, 5.41) is 3.47. The molecule has 3 heteroatoms. The predicted molar refractivity (Wildman–Crippen MR) is 83.2 cm³/mol. The van der Waals surface area contributed by atoms with Crippen LogP contribution >= 0.6 is 0 Å². The van der Waals surface area contributed by atoms with Gasteiger partial charge < -0.3 is 15.0 Å². The van der Waals surface area contributed by atoms with Crippen LogP contribution in [0.1, 0.15) is 5.56 Å². The Balaban J connectivity index is 1.63. The van der Waals surface area contributed by atoms with E-state index in [0.717, 1.165) is 24.5 Å². The topological polar surface area (TPSA) is 24.5 Å². The first-order valence-electron chi connectivity index (χ1n) is 6.83. The normalized spacial score (nSPS) is 12.8. The van der Waals surface area contributed by atoms with E-state index in [1.807, 2.05) is 24.4 Å². The largest absolute Gasteiger partial charge is 0.461 e. The standard InChI is InChI=1S/C17H18N2O/c1-14-6-2-3-7-15(14)18-10-11-19-12-13-20-17-9-5-4-8-16(17)19/h2-9,12-13,18H,10-11H2,1H3. The summed E-state index contributed by atoms with van der Waals surface area (Å²) in [7, 11) is 0. The van der Waals surface area contributed by atoms with Crippen molar-refractivity contribution in [3.05, 3.63) is 66.6 Å². The maximum absolute atomic E-state index is 5.49. The van der Waals surface area contributed by atoms with Crippen molar-refractivity contribution in [2.75, 3.05) is 23.3 Å². The summed E-state index contributed by atoms with van der Waals surface area (Å²) in [5.74, 6) is 0.908. The molecule has 0 saturated heterocycles. The van der Waals surface area contributed by atoms with Gasteiger partial charge in [-0.15, -0.1) is 0 Å². The average molecular weight is 266 g/mol. The number of benzene rings is 2. The number of aryl methyl sites for hydroxylation is 1. The third kappa shape index (κ3) is 2.62. The maximum atomic E-state index is 5.49. The number of nitrogens with one attached hydrogen (secondary N) is 1. The lowest BCUT2D eigenvalue weighted by molar-refractivity contribution is 0.469. The maximum Gasteiger partial charge on any atom is 0.150 e. The summed E-state index contributed by atoms with van der Waals surface area (Å²) in [6.07, 6.45) is 3.71. The van der Waals surface area contributed by atoms with E-state index < -0.39 is 0 Å². The molecule has 1 aliphatic rings. The minimum absolute atomic E-state index is 0.878. The number of hydrogen-bond donors (Lipinski definition) is 1. The smallest absolute Gasteiger partial charge is 0.150 e. The molecular weight excluding hydrogens is 248 g/mol. The molecule has 0 saturated carbocycles.